The van der Waals surface area contributed by atoms with Crippen LogP contribution in [0.3, 0.4) is 0 Å². The molecule has 0 aromatic heterocycles. The number of hydrogen-bond donors (Lipinski definition) is 1. The number of amides is 2. The molecule has 1 aliphatic heterocycles. The lowest BCUT2D eigenvalue weighted by atomic mass is 10.1. The Balaban J connectivity index is 1.66. The SMILES string of the molecule is NC1C=CCCN(C(=O)CN(C(=O)CCc2c(F)cccc2F)c2ccccc2Oc2ccccc2OC(F)(F)F)C1. The van der Waals surface area contributed by atoms with Gasteiger partial charge in [0.1, 0.15) is 18.2 Å². The summed E-state index contributed by atoms with van der Waals surface area (Å²) < 4.78 is 77.4. The fourth-order valence-corrected chi connectivity index (χ4v) is 4.44. The van der Waals surface area contributed by atoms with E-state index in [1.165, 1.54) is 47.4 Å². The summed E-state index contributed by atoms with van der Waals surface area (Å²) in [6, 6.07) is 14.0. The van der Waals surface area contributed by atoms with E-state index in [1.54, 1.807) is 12.1 Å². The minimum atomic E-state index is -4.99. The summed E-state index contributed by atoms with van der Waals surface area (Å²) in [4.78, 5) is 29.6. The summed E-state index contributed by atoms with van der Waals surface area (Å²) in [7, 11) is 0. The number of para-hydroxylation sites is 4. The van der Waals surface area contributed by atoms with Crippen LogP contribution in [0.1, 0.15) is 18.4 Å². The lowest BCUT2D eigenvalue weighted by Gasteiger charge is -2.29. The van der Waals surface area contributed by atoms with Crippen molar-refractivity contribution < 1.29 is 41.0 Å². The Kier molecular flexibility index (Phi) is 9.79. The van der Waals surface area contributed by atoms with Crippen molar-refractivity contribution in [2.24, 2.45) is 5.73 Å². The Morgan fingerprint density at radius 2 is 1.57 bits per heavy atom. The van der Waals surface area contributed by atoms with Crippen molar-refractivity contribution in [1.29, 1.82) is 0 Å². The minimum absolute atomic E-state index is 0.0526. The molecule has 1 unspecified atom stereocenters. The summed E-state index contributed by atoms with van der Waals surface area (Å²) in [6.07, 6.45) is -1.48. The van der Waals surface area contributed by atoms with E-state index in [0.29, 0.717) is 13.0 Å². The monoisotopic (exact) mass is 589 g/mol. The molecule has 3 aromatic carbocycles. The molecular formula is C30H28F5N3O4. The van der Waals surface area contributed by atoms with Gasteiger partial charge in [-0.3, -0.25) is 14.5 Å². The van der Waals surface area contributed by atoms with Crippen LogP contribution in [-0.2, 0) is 16.0 Å². The second-order valence-corrected chi connectivity index (χ2v) is 9.46. The molecule has 4 rings (SSSR count). The van der Waals surface area contributed by atoms with Crippen LogP contribution in [0, 0.1) is 11.6 Å². The third-order valence-electron chi connectivity index (χ3n) is 6.43. The molecule has 0 saturated carbocycles. The molecule has 1 atom stereocenters. The molecule has 222 valence electrons. The quantitative estimate of drug-likeness (QED) is 0.254. The molecule has 3 aromatic rings. The molecule has 7 nitrogen and oxygen atoms in total. The molecule has 42 heavy (non-hydrogen) atoms. The minimum Gasteiger partial charge on any atom is -0.451 e. The maximum absolute atomic E-state index is 14.3. The van der Waals surface area contributed by atoms with Gasteiger partial charge in [0.15, 0.2) is 17.2 Å². The van der Waals surface area contributed by atoms with Crippen molar-refractivity contribution in [3.63, 3.8) is 0 Å². The van der Waals surface area contributed by atoms with E-state index in [9.17, 15) is 31.5 Å². The molecule has 0 radical (unpaired) electrons. The van der Waals surface area contributed by atoms with Gasteiger partial charge in [-0.2, -0.15) is 0 Å². The summed E-state index contributed by atoms with van der Waals surface area (Å²) in [6.45, 7) is 0.0797. The van der Waals surface area contributed by atoms with Gasteiger partial charge in [0.25, 0.3) is 0 Å². The molecule has 0 saturated heterocycles. The van der Waals surface area contributed by atoms with E-state index in [2.05, 4.69) is 4.74 Å². The molecule has 0 spiro atoms. The van der Waals surface area contributed by atoms with Gasteiger partial charge in [0, 0.05) is 31.1 Å². The number of rotatable bonds is 9. The highest BCUT2D eigenvalue weighted by atomic mass is 19.4. The first-order valence-electron chi connectivity index (χ1n) is 13.1. The van der Waals surface area contributed by atoms with Gasteiger partial charge < -0.3 is 20.1 Å². The average molecular weight is 590 g/mol. The topological polar surface area (TPSA) is 85.1 Å². The number of benzene rings is 3. The fourth-order valence-electron chi connectivity index (χ4n) is 4.44. The van der Waals surface area contributed by atoms with Gasteiger partial charge in [-0.25, -0.2) is 8.78 Å². The van der Waals surface area contributed by atoms with E-state index in [4.69, 9.17) is 10.5 Å². The first-order chi connectivity index (χ1) is 20.0. The molecule has 1 heterocycles. The highest BCUT2D eigenvalue weighted by Gasteiger charge is 2.33. The first kappa shape index (κ1) is 30.5. The second kappa shape index (κ2) is 13.5. The van der Waals surface area contributed by atoms with E-state index in [-0.39, 0.29) is 42.1 Å². The Labute approximate surface area is 238 Å². The number of ether oxygens (including phenoxy) is 2. The lowest BCUT2D eigenvalue weighted by Crippen LogP contribution is -2.46. The Morgan fingerprint density at radius 1 is 0.929 bits per heavy atom. The van der Waals surface area contributed by atoms with Crippen LogP contribution in [0.4, 0.5) is 27.6 Å². The second-order valence-electron chi connectivity index (χ2n) is 9.46. The van der Waals surface area contributed by atoms with E-state index in [0.717, 1.165) is 23.1 Å². The predicted molar refractivity (Wildman–Crippen MR) is 145 cm³/mol. The summed E-state index contributed by atoms with van der Waals surface area (Å²) >= 11 is 0. The summed E-state index contributed by atoms with van der Waals surface area (Å²) in [5, 5.41) is 0. The third-order valence-corrected chi connectivity index (χ3v) is 6.43. The van der Waals surface area contributed by atoms with Crippen molar-refractivity contribution >= 4 is 17.5 Å². The lowest BCUT2D eigenvalue weighted by molar-refractivity contribution is -0.275. The normalized spacial score (nSPS) is 15.2. The number of anilines is 1. The number of nitrogens with two attached hydrogens (primary N) is 1. The van der Waals surface area contributed by atoms with E-state index < -0.39 is 48.1 Å². The van der Waals surface area contributed by atoms with Crippen LogP contribution in [0.15, 0.2) is 78.9 Å². The van der Waals surface area contributed by atoms with Gasteiger partial charge in [0.05, 0.1) is 5.69 Å². The highest BCUT2D eigenvalue weighted by molar-refractivity contribution is 6.00. The number of halogens is 5. The molecule has 0 bridgehead atoms. The van der Waals surface area contributed by atoms with Crippen LogP contribution in [-0.4, -0.2) is 48.8 Å². The van der Waals surface area contributed by atoms with E-state index in [1.807, 2.05) is 6.08 Å². The zero-order chi connectivity index (χ0) is 30.3. The van der Waals surface area contributed by atoms with E-state index >= 15 is 0 Å². The van der Waals surface area contributed by atoms with Crippen molar-refractivity contribution in [1.82, 2.24) is 4.90 Å². The molecule has 1 aliphatic rings. The molecule has 12 heteroatoms. The van der Waals surface area contributed by atoms with Crippen LogP contribution in [0.5, 0.6) is 17.2 Å². The van der Waals surface area contributed by atoms with Crippen molar-refractivity contribution in [3.05, 3.63) is 96.1 Å². The van der Waals surface area contributed by atoms with Gasteiger partial charge >= 0.3 is 6.36 Å². The third kappa shape index (κ3) is 8.06. The fraction of sp³-hybridized carbons (Fsp3) is 0.267. The maximum atomic E-state index is 14.3. The van der Waals surface area contributed by atoms with Gasteiger partial charge in [-0.15, -0.1) is 13.2 Å². The Hall–Kier alpha value is -4.45. The first-order valence-corrected chi connectivity index (χ1v) is 13.1. The van der Waals surface area contributed by atoms with Crippen LogP contribution >= 0.6 is 0 Å². The molecular weight excluding hydrogens is 561 g/mol. The highest BCUT2D eigenvalue weighted by Crippen LogP contribution is 2.39. The molecule has 0 aliphatic carbocycles. The molecule has 0 fully saturated rings. The number of hydrogen-bond acceptors (Lipinski definition) is 5. The predicted octanol–water partition coefficient (Wildman–Crippen LogP) is 5.74. The number of nitrogens with zero attached hydrogens (tertiary/aromatic N) is 2. The number of carbonyl (C=O) groups excluding carboxylic acids is 2. The maximum Gasteiger partial charge on any atom is 0.573 e. The van der Waals surface area contributed by atoms with Crippen LogP contribution in [0.2, 0.25) is 0 Å². The molecule has 2 N–H and O–H groups in total. The zero-order valence-corrected chi connectivity index (χ0v) is 22.3. The Morgan fingerprint density at radius 3 is 2.26 bits per heavy atom. The average Bonchev–Trinajstić information content (AvgIpc) is 3.16. The van der Waals surface area contributed by atoms with Crippen molar-refractivity contribution in [3.8, 4) is 17.2 Å². The summed E-state index contributed by atoms with van der Waals surface area (Å²) in [5.74, 6) is -3.71. The van der Waals surface area contributed by atoms with Gasteiger partial charge in [0.2, 0.25) is 11.8 Å². The smallest absolute Gasteiger partial charge is 0.451 e. The molecule has 2 amide bonds. The van der Waals surface area contributed by atoms with Crippen LogP contribution in [0.25, 0.3) is 0 Å². The van der Waals surface area contributed by atoms with Gasteiger partial charge in [-0.1, -0.05) is 42.5 Å². The number of alkyl halides is 3. The Bertz CT molecular complexity index is 1430. The largest absolute Gasteiger partial charge is 0.573 e. The number of carbonyl (C=O) groups is 2. The van der Waals surface area contributed by atoms with Crippen molar-refractivity contribution in [2.75, 3.05) is 24.5 Å². The van der Waals surface area contributed by atoms with Crippen LogP contribution < -0.4 is 20.1 Å². The summed E-state index contributed by atoms with van der Waals surface area (Å²) in [5.41, 5.74) is 5.80. The van der Waals surface area contributed by atoms with Gasteiger partial charge in [-0.05, 0) is 49.2 Å². The zero-order valence-electron chi connectivity index (χ0n) is 22.3. The standard InChI is InChI=1S/C30H28F5N3O4/c31-22-9-7-10-23(32)21(22)15-16-28(39)38(19-29(40)37-17-6-5-8-20(36)18-37)24-11-1-2-12-25(24)41-26-13-3-4-14-27(26)42-30(33,34)35/h1-5,7-14,20H,6,15-19,36H2. The van der Waals surface area contributed by atoms with Crippen molar-refractivity contribution in [2.45, 2.75) is 31.7 Å².